The lowest BCUT2D eigenvalue weighted by Crippen LogP contribution is -2.48. The molecule has 0 spiro atoms. The second-order valence-electron chi connectivity index (χ2n) is 6.49. The molecule has 1 aliphatic rings. The van der Waals surface area contributed by atoms with Gasteiger partial charge in [-0.1, -0.05) is 12.1 Å². The number of nitriles is 1. The number of urea groups is 1. The third kappa shape index (κ3) is 4.83. The average molecular weight is 337 g/mol. The minimum atomic E-state index is -0.0252. The van der Waals surface area contributed by atoms with Gasteiger partial charge in [-0.25, -0.2) is 9.78 Å². The Morgan fingerprint density at radius 1 is 1.24 bits per heavy atom. The van der Waals surface area contributed by atoms with Crippen molar-refractivity contribution in [2.75, 3.05) is 13.1 Å². The van der Waals surface area contributed by atoms with Crippen molar-refractivity contribution >= 4 is 6.03 Å². The number of hydrogen-bond acceptors (Lipinski definition) is 3. The largest absolute Gasteiger partial charge is 0.348 e. The molecule has 1 unspecified atom stereocenters. The van der Waals surface area contributed by atoms with E-state index in [9.17, 15) is 4.79 Å². The average Bonchev–Trinajstić information content (AvgIpc) is 3.16. The number of imidazole rings is 1. The number of carbonyl (C=O) groups is 1. The standard InChI is InChI=1S/C19H23N5O/c20-12-16-6-4-15(5-7-16)10-17(11-18-13-21-14-22-18)23-19(25)24-8-2-1-3-9-24/h4-7,13-14,17H,1-3,8-11H2,(H,21,22)(H,23,25). The minimum Gasteiger partial charge on any atom is -0.348 e. The number of carbonyl (C=O) groups excluding carboxylic acids is 1. The first-order valence-corrected chi connectivity index (χ1v) is 8.76. The number of nitrogens with zero attached hydrogens (tertiary/aromatic N) is 3. The number of nitrogens with one attached hydrogen (secondary N) is 2. The van der Waals surface area contributed by atoms with Crippen molar-refractivity contribution in [1.29, 1.82) is 5.26 Å². The number of piperidine rings is 1. The zero-order valence-corrected chi connectivity index (χ0v) is 14.2. The normalized spacial score (nSPS) is 15.4. The first-order chi connectivity index (χ1) is 12.2. The van der Waals surface area contributed by atoms with Crippen LogP contribution < -0.4 is 5.32 Å². The highest BCUT2D eigenvalue weighted by atomic mass is 16.2. The number of H-pyrrole nitrogens is 1. The van der Waals surface area contributed by atoms with Crippen molar-refractivity contribution in [1.82, 2.24) is 20.2 Å². The highest BCUT2D eigenvalue weighted by Gasteiger charge is 2.20. The molecule has 1 aromatic heterocycles. The Hall–Kier alpha value is -2.81. The zero-order chi connectivity index (χ0) is 17.5. The summed E-state index contributed by atoms with van der Waals surface area (Å²) in [5, 5.41) is 12.1. The predicted octanol–water partition coefficient (Wildman–Crippen LogP) is 2.63. The highest BCUT2D eigenvalue weighted by molar-refractivity contribution is 5.74. The summed E-state index contributed by atoms with van der Waals surface area (Å²) in [6.07, 6.45) is 8.21. The quantitative estimate of drug-likeness (QED) is 0.879. The summed E-state index contributed by atoms with van der Waals surface area (Å²) in [6, 6.07) is 9.65. The molecule has 0 radical (unpaired) electrons. The molecule has 2 aromatic rings. The van der Waals surface area contributed by atoms with Crippen molar-refractivity contribution in [3.8, 4) is 6.07 Å². The minimum absolute atomic E-state index is 0.0119. The maximum atomic E-state index is 12.6. The molecule has 1 saturated heterocycles. The molecule has 6 heteroatoms. The SMILES string of the molecule is N#Cc1ccc(CC(Cc2cnc[nH]2)NC(=O)N2CCCCC2)cc1. The Morgan fingerprint density at radius 2 is 2.00 bits per heavy atom. The van der Waals surface area contributed by atoms with E-state index in [1.807, 2.05) is 29.2 Å². The van der Waals surface area contributed by atoms with Crippen LogP contribution in [0.5, 0.6) is 0 Å². The van der Waals surface area contributed by atoms with Gasteiger partial charge in [0.05, 0.1) is 18.0 Å². The van der Waals surface area contributed by atoms with Crippen molar-refractivity contribution in [3.05, 3.63) is 53.6 Å². The molecule has 6 nitrogen and oxygen atoms in total. The van der Waals surface area contributed by atoms with E-state index in [4.69, 9.17) is 5.26 Å². The van der Waals surface area contributed by atoms with E-state index < -0.39 is 0 Å². The molecule has 1 aromatic carbocycles. The Kier molecular flexibility index (Phi) is 5.68. The van der Waals surface area contributed by atoms with Gasteiger partial charge in [0.15, 0.2) is 0 Å². The maximum absolute atomic E-state index is 12.6. The lowest BCUT2D eigenvalue weighted by molar-refractivity contribution is 0.182. The van der Waals surface area contributed by atoms with Gasteiger partial charge in [-0.15, -0.1) is 0 Å². The number of aromatic amines is 1. The van der Waals surface area contributed by atoms with E-state index in [1.54, 1.807) is 12.5 Å². The van der Waals surface area contributed by atoms with Crippen LogP contribution in [0.3, 0.4) is 0 Å². The van der Waals surface area contributed by atoms with Crippen molar-refractivity contribution in [2.45, 2.75) is 38.1 Å². The summed E-state index contributed by atoms with van der Waals surface area (Å²) in [6.45, 7) is 1.67. The molecule has 2 amide bonds. The predicted molar refractivity (Wildman–Crippen MR) is 94.9 cm³/mol. The Labute approximate surface area is 147 Å². The molecule has 130 valence electrons. The fourth-order valence-electron chi connectivity index (χ4n) is 3.20. The number of amides is 2. The van der Waals surface area contributed by atoms with Crippen molar-refractivity contribution in [2.24, 2.45) is 0 Å². The van der Waals surface area contributed by atoms with Gasteiger partial charge in [0.1, 0.15) is 0 Å². The molecule has 1 aliphatic heterocycles. The van der Waals surface area contributed by atoms with Crippen molar-refractivity contribution in [3.63, 3.8) is 0 Å². The van der Waals surface area contributed by atoms with Crippen LogP contribution in [0.4, 0.5) is 4.79 Å². The van der Waals surface area contributed by atoms with Gasteiger partial charge in [0.25, 0.3) is 0 Å². The molecule has 0 aliphatic carbocycles. The van der Waals surface area contributed by atoms with Crippen LogP contribution in [-0.4, -0.2) is 40.0 Å². The molecule has 1 atom stereocenters. The first kappa shape index (κ1) is 17.0. The number of rotatable bonds is 5. The summed E-state index contributed by atoms with van der Waals surface area (Å²) < 4.78 is 0. The third-order valence-electron chi connectivity index (χ3n) is 4.56. The molecular formula is C19H23N5O. The van der Waals surface area contributed by atoms with Gasteiger partial charge in [-0.05, 0) is 43.4 Å². The monoisotopic (exact) mass is 337 g/mol. The summed E-state index contributed by atoms with van der Waals surface area (Å²) in [5.74, 6) is 0. The Bertz CT molecular complexity index is 711. The summed E-state index contributed by atoms with van der Waals surface area (Å²) >= 11 is 0. The van der Waals surface area contributed by atoms with Gasteiger partial charge in [0.2, 0.25) is 0 Å². The molecule has 25 heavy (non-hydrogen) atoms. The zero-order valence-electron chi connectivity index (χ0n) is 14.2. The molecule has 3 rings (SSSR count). The first-order valence-electron chi connectivity index (χ1n) is 8.76. The maximum Gasteiger partial charge on any atom is 0.317 e. The number of aromatic nitrogens is 2. The van der Waals surface area contributed by atoms with Crippen LogP contribution in [0.1, 0.15) is 36.1 Å². The molecule has 0 bridgehead atoms. The second-order valence-corrected chi connectivity index (χ2v) is 6.49. The topological polar surface area (TPSA) is 84.8 Å². The van der Waals surface area contributed by atoms with E-state index in [2.05, 4.69) is 21.4 Å². The van der Waals surface area contributed by atoms with Crippen LogP contribution in [0, 0.1) is 11.3 Å². The molecule has 1 fully saturated rings. The van der Waals surface area contributed by atoms with E-state index in [1.165, 1.54) is 6.42 Å². The van der Waals surface area contributed by atoms with Gasteiger partial charge in [-0.3, -0.25) is 0 Å². The van der Waals surface area contributed by atoms with Gasteiger partial charge in [0, 0.05) is 37.4 Å². The fraction of sp³-hybridized carbons (Fsp3) is 0.421. The molecule has 2 heterocycles. The smallest absolute Gasteiger partial charge is 0.317 e. The molecule has 2 N–H and O–H groups in total. The van der Waals surface area contributed by atoms with Crippen LogP contribution in [0.2, 0.25) is 0 Å². The van der Waals surface area contributed by atoms with Gasteiger partial charge >= 0.3 is 6.03 Å². The lowest BCUT2D eigenvalue weighted by Gasteiger charge is -2.29. The van der Waals surface area contributed by atoms with Gasteiger partial charge in [-0.2, -0.15) is 5.26 Å². The summed E-state index contributed by atoms with van der Waals surface area (Å²) in [4.78, 5) is 21.6. The van der Waals surface area contributed by atoms with E-state index in [0.29, 0.717) is 18.4 Å². The van der Waals surface area contributed by atoms with Crippen LogP contribution in [-0.2, 0) is 12.8 Å². The van der Waals surface area contributed by atoms with E-state index in [-0.39, 0.29) is 12.1 Å². The van der Waals surface area contributed by atoms with E-state index in [0.717, 1.165) is 37.2 Å². The number of benzene rings is 1. The fourth-order valence-corrected chi connectivity index (χ4v) is 3.20. The van der Waals surface area contributed by atoms with Crippen LogP contribution >= 0.6 is 0 Å². The van der Waals surface area contributed by atoms with Crippen molar-refractivity contribution < 1.29 is 4.79 Å². The van der Waals surface area contributed by atoms with Crippen LogP contribution in [0.25, 0.3) is 0 Å². The summed E-state index contributed by atoms with van der Waals surface area (Å²) in [5.41, 5.74) is 2.74. The van der Waals surface area contributed by atoms with Gasteiger partial charge < -0.3 is 15.2 Å². The second kappa shape index (κ2) is 8.34. The third-order valence-corrected chi connectivity index (χ3v) is 4.56. The lowest BCUT2D eigenvalue weighted by atomic mass is 10.0. The highest BCUT2D eigenvalue weighted by Crippen LogP contribution is 2.12. The number of hydrogen-bond donors (Lipinski definition) is 2. The summed E-state index contributed by atoms with van der Waals surface area (Å²) in [7, 11) is 0. The van der Waals surface area contributed by atoms with Crippen LogP contribution in [0.15, 0.2) is 36.8 Å². The Morgan fingerprint density at radius 3 is 2.64 bits per heavy atom. The number of likely N-dealkylation sites (tertiary alicyclic amines) is 1. The molecule has 0 saturated carbocycles. The Balaban J connectivity index is 1.67. The molecular weight excluding hydrogens is 314 g/mol. The van der Waals surface area contributed by atoms with E-state index >= 15 is 0 Å².